The van der Waals surface area contributed by atoms with Gasteiger partial charge in [-0.15, -0.1) is 0 Å². The molecule has 0 radical (unpaired) electrons. The summed E-state index contributed by atoms with van der Waals surface area (Å²) in [4.78, 5) is 0. The van der Waals surface area contributed by atoms with E-state index in [1.54, 1.807) is 12.1 Å². The third-order valence-electron chi connectivity index (χ3n) is 3.07. The average Bonchev–Trinajstić information content (AvgIpc) is 2.33. The molecule has 1 nitrogen and oxygen atoms in total. The van der Waals surface area contributed by atoms with Crippen molar-refractivity contribution in [1.29, 1.82) is 0 Å². The number of halogens is 2. The van der Waals surface area contributed by atoms with Crippen LogP contribution in [0.4, 0.5) is 4.39 Å². The lowest BCUT2D eigenvalue weighted by Crippen LogP contribution is -2.38. The first-order valence-corrected chi connectivity index (χ1v) is 8.02. The molecule has 0 amide bonds. The van der Waals surface area contributed by atoms with E-state index in [-0.39, 0.29) is 11.9 Å². The first-order valence-electron chi connectivity index (χ1n) is 6.25. The molecule has 0 saturated heterocycles. The zero-order valence-corrected chi connectivity index (χ0v) is 12.7. The Bertz CT molecular complexity index is 353. The lowest BCUT2D eigenvalue weighted by atomic mass is 9.96. The molecular formula is C14H21ClFNS. The van der Waals surface area contributed by atoms with E-state index >= 15 is 0 Å². The molecule has 0 saturated carbocycles. The standard InChI is InChI=1S/C14H21ClFNS/c1-4-17-14(10(2)9-18-3)8-11-12(15)6-5-7-13(11)16/h5-7,10,14,17H,4,8-9H2,1-3H3. The summed E-state index contributed by atoms with van der Waals surface area (Å²) in [5.74, 6) is 1.33. The highest BCUT2D eigenvalue weighted by Crippen LogP contribution is 2.23. The molecular weight excluding hydrogens is 269 g/mol. The Balaban J connectivity index is 2.82. The molecule has 0 bridgehead atoms. The fraction of sp³-hybridized carbons (Fsp3) is 0.571. The predicted molar refractivity (Wildman–Crippen MR) is 80.1 cm³/mol. The van der Waals surface area contributed by atoms with Gasteiger partial charge in [-0.3, -0.25) is 0 Å². The van der Waals surface area contributed by atoms with E-state index < -0.39 is 0 Å². The van der Waals surface area contributed by atoms with Crippen LogP contribution in [0.15, 0.2) is 18.2 Å². The van der Waals surface area contributed by atoms with E-state index in [1.807, 2.05) is 11.8 Å². The van der Waals surface area contributed by atoms with E-state index in [4.69, 9.17) is 11.6 Å². The first-order chi connectivity index (χ1) is 8.60. The third kappa shape index (κ3) is 4.45. The maximum atomic E-state index is 13.8. The Morgan fingerprint density at radius 1 is 1.44 bits per heavy atom. The van der Waals surface area contributed by atoms with Crippen molar-refractivity contribution in [3.8, 4) is 0 Å². The molecule has 2 atom stereocenters. The largest absolute Gasteiger partial charge is 0.314 e. The number of nitrogens with one attached hydrogen (secondary N) is 1. The fourth-order valence-corrected chi connectivity index (χ4v) is 3.06. The molecule has 1 N–H and O–H groups in total. The van der Waals surface area contributed by atoms with E-state index in [0.717, 1.165) is 12.3 Å². The van der Waals surface area contributed by atoms with Crippen molar-refractivity contribution >= 4 is 23.4 Å². The van der Waals surface area contributed by atoms with Crippen LogP contribution in [0.1, 0.15) is 19.4 Å². The van der Waals surface area contributed by atoms with Crippen molar-refractivity contribution in [3.05, 3.63) is 34.6 Å². The summed E-state index contributed by atoms with van der Waals surface area (Å²) >= 11 is 7.90. The Hall–Kier alpha value is -0.250. The molecule has 0 fully saturated rings. The number of thioether (sulfide) groups is 1. The van der Waals surface area contributed by atoms with Crippen LogP contribution in [0, 0.1) is 11.7 Å². The minimum absolute atomic E-state index is 0.207. The minimum Gasteiger partial charge on any atom is -0.314 e. The van der Waals surface area contributed by atoms with Gasteiger partial charge in [0.25, 0.3) is 0 Å². The van der Waals surface area contributed by atoms with Gasteiger partial charge in [0.05, 0.1) is 0 Å². The van der Waals surface area contributed by atoms with Gasteiger partial charge >= 0.3 is 0 Å². The van der Waals surface area contributed by atoms with Gasteiger partial charge in [-0.25, -0.2) is 4.39 Å². The van der Waals surface area contributed by atoms with Gasteiger partial charge < -0.3 is 5.32 Å². The number of likely N-dealkylation sites (N-methyl/N-ethyl adjacent to an activating group) is 1. The minimum atomic E-state index is -0.207. The maximum Gasteiger partial charge on any atom is 0.127 e. The van der Waals surface area contributed by atoms with Crippen LogP contribution in [0.3, 0.4) is 0 Å². The van der Waals surface area contributed by atoms with E-state index in [2.05, 4.69) is 25.4 Å². The van der Waals surface area contributed by atoms with Gasteiger partial charge in [0.15, 0.2) is 0 Å². The summed E-state index contributed by atoms with van der Waals surface area (Å²) in [6.07, 6.45) is 2.73. The molecule has 0 aliphatic heterocycles. The van der Waals surface area contributed by atoms with Crippen molar-refractivity contribution in [2.24, 2.45) is 5.92 Å². The second-order valence-corrected chi connectivity index (χ2v) is 5.82. The highest BCUT2D eigenvalue weighted by atomic mass is 35.5. The van der Waals surface area contributed by atoms with Gasteiger partial charge in [0.1, 0.15) is 5.82 Å². The van der Waals surface area contributed by atoms with Crippen LogP contribution in [-0.2, 0) is 6.42 Å². The van der Waals surface area contributed by atoms with E-state index in [0.29, 0.717) is 22.9 Å². The Labute approximate surface area is 118 Å². The van der Waals surface area contributed by atoms with Crippen LogP contribution >= 0.6 is 23.4 Å². The Morgan fingerprint density at radius 2 is 2.17 bits per heavy atom. The highest BCUT2D eigenvalue weighted by molar-refractivity contribution is 7.98. The molecule has 0 aliphatic rings. The third-order valence-corrected chi connectivity index (χ3v) is 4.28. The lowest BCUT2D eigenvalue weighted by Gasteiger charge is -2.25. The molecule has 0 aliphatic carbocycles. The molecule has 102 valence electrons. The lowest BCUT2D eigenvalue weighted by molar-refractivity contribution is 0.405. The summed E-state index contributed by atoms with van der Waals surface area (Å²) < 4.78 is 13.8. The first kappa shape index (κ1) is 15.8. The number of hydrogen-bond donors (Lipinski definition) is 1. The van der Waals surface area contributed by atoms with Crippen LogP contribution in [0.25, 0.3) is 0 Å². The summed E-state index contributed by atoms with van der Waals surface area (Å²) in [7, 11) is 0. The molecule has 0 spiro atoms. The van der Waals surface area contributed by atoms with Crippen molar-refractivity contribution in [3.63, 3.8) is 0 Å². The van der Waals surface area contributed by atoms with Crippen LogP contribution in [0.2, 0.25) is 5.02 Å². The number of hydrogen-bond acceptors (Lipinski definition) is 2. The SMILES string of the molecule is CCNC(Cc1c(F)cccc1Cl)C(C)CSC. The van der Waals surface area contributed by atoms with Crippen molar-refractivity contribution in [2.45, 2.75) is 26.3 Å². The molecule has 1 rings (SSSR count). The van der Waals surface area contributed by atoms with Crippen molar-refractivity contribution in [1.82, 2.24) is 5.32 Å². The van der Waals surface area contributed by atoms with E-state index in [1.165, 1.54) is 6.07 Å². The van der Waals surface area contributed by atoms with Crippen molar-refractivity contribution in [2.75, 3.05) is 18.6 Å². The Morgan fingerprint density at radius 3 is 2.72 bits per heavy atom. The zero-order chi connectivity index (χ0) is 13.5. The second-order valence-electron chi connectivity index (χ2n) is 4.50. The molecule has 1 aromatic carbocycles. The smallest absolute Gasteiger partial charge is 0.127 e. The summed E-state index contributed by atoms with van der Waals surface area (Å²) in [5.41, 5.74) is 0.623. The van der Waals surface area contributed by atoms with Gasteiger partial charge in [0, 0.05) is 16.6 Å². The monoisotopic (exact) mass is 289 g/mol. The van der Waals surface area contributed by atoms with Gasteiger partial charge in [-0.05, 0) is 43.0 Å². The predicted octanol–water partition coefficient (Wildman–Crippen LogP) is 4.00. The molecule has 4 heteroatoms. The van der Waals surface area contributed by atoms with Gasteiger partial charge in [-0.2, -0.15) is 11.8 Å². The molecule has 0 heterocycles. The topological polar surface area (TPSA) is 12.0 Å². The summed E-state index contributed by atoms with van der Waals surface area (Å²) in [6, 6.07) is 5.14. The molecule has 18 heavy (non-hydrogen) atoms. The number of benzene rings is 1. The quantitative estimate of drug-likeness (QED) is 0.814. The highest BCUT2D eigenvalue weighted by Gasteiger charge is 2.19. The van der Waals surface area contributed by atoms with Gasteiger partial charge in [-0.1, -0.05) is 31.5 Å². The summed E-state index contributed by atoms with van der Waals surface area (Å²) in [6.45, 7) is 5.15. The van der Waals surface area contributed by atoms with Crippen LogP contribution in [0.5, 0.6) is 0 Å². The Kier molecular flexibility index (Phi) is 7.05. The van der Waals surface area contributed by atoms with Crippen LogP contribution < -0.4 is 5.32 Å². The normalized spacial score (nSPS) is 14.5. The molecule has 2 unspecified atom stereocenters. The van der Waals surface area contributed by atoms with E-state index in [9.17, 15) is 4.39 Å². The fourth-order valence-electron chi connectivity index (χ4n) is 2.06. The van der Waals surface area contributed by atoms with Gasteiger partial charge in [0.2, 0.25) is 0 Å². The van der Waals surface area contributed by atoms with Crippen molar-refractivity contribution < 1.29 is 4.39 Å². The molecule has 1 aromatic rings. The second kappa shape index (κ2) is 8.03. The zero-order valence-electron chi connectivity index (χ0n) is 11.2. The maximum absolute atomic E-state index is 13.8. The average molecular weight is 290 g/mol. The number of rotatable bonds is 7. The summed E-state index contributed by atoms with van der Waals surface area (Å²) in [5, 5.41) is 3.95. The molecule has 0 aromatic heterocycles. The van der Waals surface area contributed by atoms with Crippen LogP contribution in [-0.4, -0.2) is 24.6 Å².